The SMILES string of the molecule is CCCC[O][Ti]([O]CCCC)([O]CCCC)[O]CCCC.[SnH2]. The molecule has 0 unspecified atom stereocenters. The minimum absolute atomic E-state index is 0. The molecule has 0 aromatic carbocycles. The molecule has 134 valence electrons. The monoisotopic (exact) mass is 462 g/mol. The third-order valence-electron chi connectivity index (χ3n) is 3.11. The second-order valence-corrected chi connectivity index (χ2v) is 8.67. The van der Waals surface area contributed by atoms with Gasteiger partial charge in [0.2, 0.25) is 0 Å². The first-order valence-electron chi connectivity index (χ1n) is 8.80. The van der Waals surface area contributed by atoms with Crippen molar-refractivity contribution in [2.45, 2.75) is 79.1 Å². The average molecular weight is 461 g/mol. The fourth-order valence-electron chi connectivity index (χ4n) is 1.62. The summed E-state index contributed by atoms with van der Waals surface area (Å²) in [4.78, 5) is 0. The molecule has 22 heavy (non-hydrogen) atoms. The first-order chi connectivity index (χ1) is 10.2. The third kappa shape index (κ3) is 13.8. The molecule has 0 rings (SSSR count). The Labute approximate surface area is 160 Å². The molecule has 0 amide bonds. The minimum atomic E-state index is -3.52. The molecule has 0 aliphatic rings. The molecule has 0 heterocycles. The second-order valence-electron chi connectivity index (χ2n) is 5.31. The van der Waals surface area contributed by atoms with Crippen LogP contribution in [0.15, 0.2) is 0 Å². The topological polar surface area (TPSA) is 36.9 Å². The summed E-state index contributed by atoms with van der Waals surface area (Å²) in [6.45, 7) is 11.4. The zero-order chi connectivity index (χ0) is 15.8. The Kier molecular flexibility index (Phi) is 21.7. The van der Waals surface area contributed by atoms with Crippen LogP contribution in [-0.2, 0) is 31.4 Å². The van der Waals surface area contributed by atoms with Crippen LogP contribution in [0.1, 0.15) is 79.1 Å². The number of rotatable bonds is 16. The molecule has 0 saturated carbocycles. The molecule has 4 nitrogen and oxygen atoms in total. The van der Waals surface area contributed by atoms with Crippen molar-refractivity contribution < 1.29 is 31.4 Å². The summed E-state index contributed by atoms with van der Waals surface area (Å²) in [5.74, 6) is 0. The molecular formula is C16H38O4SnTi. The summed E-state index contributed by atoms with van der Waals surface area (Å²) >= 11 is -3.52. The zero-order valence-electron chi connectivity index (χ0n) is 15.3. The molecule has 0 N–H and O–H groups in total. The van der Waals surface area contributed by atoms with Crippen molar-refractivity contribution >= 4 is 23.9 Å². The summed E-state index contributed by atoms with van der Waals surface area (Å²) in [7, 11) is 0. The van der Waals surface area contributed by atoms with E-state index >= 15 is 0 Å². The molecule has 0 aromatic rings. The van der Waals surface area contributed by atoms with Crippen LogP contribution in [-0.4, -0.2) is 50.3 Å². The van der Waals surface area contributed by atoms with Crippen LogP contribution in [0.25, 0.3) is 0 Å². The van der Waals surface area contributed by atoms with Crippen LogP contribution >= 0.6 is 0 Å². The van der Waals surface area contributed by atoms with Gasteiger partial charge in [-0.05, 0) is 0 Å². The molecule has 0 saturated heterocycles. The van der Waals surface area contributed by atoms with E-state index in [0.29, 0.717) is 26.4 Å². The van der Waals surface area contributed by atoms with Crippen molar-refractivity contribution in [2.24, 2.45) is 0 Å². The zero-order valence-corrected chi connectivity index (χ0v) is 20.9. The van der Waals surface area contributed by atoms with Crippen molar-refractivity contribution in [2.75, 3.05) is 26.4 Å². The van der Waals surface area contributed by atoms with Gasteiger partial charge in [0, 0.05) is 0 Å². The maximum atomic E-state index is 6.03. The van der Waals surface area contributed by atoms with E-state index in [-0.39, 0.29) is 23.9 Å². The first kappa shape index (κ1) is 25.6. The quantitative estimate of drug-likeness (QED) is 0.256. The van der Waals surface area contributed by atoms with Crippen molar-refractivity contribution in [3.05, 3.63) is 0 Å². The van der Waals surface area contributed by atoms with Gasteiger partial charge in [0.15, 0.2) is 0 Å². The Balaban J connectivity index is 0. The van der Waals surface area contributed by atoms with Gasteiger partial charge in [0.25, 0.3) is 0 Å². The predicted octanol–water partition coefficient (Wildman–Crippen LogP) is 4.15. The van der Waals surface area contributed by atoms with Crippen molar-refractivity contribution in [1.82, 2.24) is 0 Å². The third-order valence-corrected chi connectivity index (χ3v) is 6.59. The molecule has 0 spiro atoms. The van der Waals surface area contributed by atoms with E-state index in [4.69, 9.17) is 13.3 Å². The van der Waals surface area contributed by atoms with Crippen LogP contribution in [0.5, 0.6) is 0 Å². The average Bonchev–Trinajstić information content (AvgIpc) is 2.48. The molecule has 0 aromatic heterocycles. The summed E-state index contributed by atoms with van der Waals surface area (Å²) in [5.41, 5.74) is 0. The molecule has 2 radical (unpaired) electrons. The van der Waals surface area contributed by atoms with Crippen LogP contribution < -0.4 is 0 Å². The first-order valence-corrected chi connectivity index (χ1v) is 11.3. The Morgan fingerprint density at radius 2 is 0.727 bits per heavy atom. The van der Waals surface area contributed by atoms with Gasteiger partial charge < -0.3 is 0 Å². The maximum absolute atomic E-state index is 6.03. The van der Waals surface area contributed by atoms with Gasteiger partial charge in [-0.3, -0.25) is 0 Å². The van der Waals surface area contributed by atoms with E-state index in [1.165, 1.54) is 0 Å². The van der Waals surface area contributed by atoms with Crippen LogP contribution in [0, 0.1) is 0 Å². The fourth-order valence-corrected chi connectivity index (χ4v) is 4.86. The Bertz CT molecular complexity index is 175. The normalized spacial score (nSPS) is 11.5. The molecule has 0 aliphatic carbocycles. The summed E-state index contributed by atoms with van der Waals surface area (Å²) in [6.07, 6.45) is 8.54. The van der Waals surface area contributed by atoms with Crippen molar-refractivity contribution in [3.63, 3.8) is 0 Å². The van der Waals surface area contributed by atoms with Crippen LogP contribution in [0.2, 0.25) is 0 Å². The van der Waals surface area contributed by atoms with E-state index in [2.05, 4.69) is 27.7 Å². The van der Waals surface area contributed by atoms with Gasteiger partial charge in [-0.1, -0.05) is 0 Å². The second kappa shape index (κ2) is 18.7. The van der Waals surface area contributed by atoms with E-state index in [0.717, 1.165) is 51.4 Å². The molecule has 6 heteroatoms. The van der Waals surface area contributed by atoms with E-state index in [9.17, 15) is 0 Å². The van der Waals surface area contributed by atoms with E-state index in [1.54, 1.807) is 0 Å². The molecule has 0 fully saturated rings. The predicted molar refractivity (Wildman–Crippen MR) is 92.0 cm³/mol. The number of unbranched alkanes of at least 4 members (excludes halogenated alkanes) is 4. The van der Waals surface area contributed by atoms with Gasteiger partial charge in [0.05, 0.1) is 0 Å². The van der Waals surface area contributed by atoms with E-state index in [1.807, 2.05) is 0 Å². The standard InChI is InChI=1S/4C4H9O.Sn.Ti.2H/c4*1-2-3-4-5;;;;/h4*2-4H2,1H3;;;;/q4*-1;;+4;;. The Morgan fingerprint density at radius 1 is 0.500 bits per heavy atom. The molecule has 0 atom stereocenters. The molecule has 0 bridgehead atoms. The fraction of sp³-hybridized carbons (Fsp3) is 1.00. The van der Waals surface area contributed by atoms with Gasteiger partial charge in [0.1, 0.15) is 0 Å². The summed E-state index contributed by atoms with van der Waals surface area (Å²) < 4.78 is 24.1. The number of hydrogen-bond donors (Lipinski definition) is 0. The van der Waals surface area contributed by atoms with Crippen LogP contribution in [0.3, 0.4) is 0 Å². The van der Waals surface area contributed by atoms with Gasteiger partial charge in [-0.25, -0.2) is 0 Å². The van der Waals surface area contributed by atoms with Gasteiger partial charge in [-0.2, -0.15) is 0 Å². The van der Waals surface area contributed by atoms with E-state index < -0.39 is 18.1 Å². The van der Waals surface area contributed by atoms with Crippen molar-refractivity contribution in [1.29, 1.82) is 0 Å². The summed E-state index contributed by atoms with van der Waals surface area (Å²) in [5, 5.41) is 0. The van der Waals surface area contributed by atoms with Crippen LogP contribution in [0.4, 0.5) is 0 Å². The Hall–Kier alpha value is 1.35. The molecular weight excluding hydrogens is 423 g/mol. The molecule has 0 aliphatic heterocycles. The summed E-state index contributed by atoms with van der Waals surface area (Å²) in [6, 6.07) is 0. The van der Waals surface area contributed by atoms with Crippen molar-refractivity contribution in [3.8, 4) is 0 Å². The Morgan fingerprint density at radius 3 is 0.909 bits per heavy atom. The van der Waals surface area contributed by atoms with Gasteiger partial charge in [-0.15, -0.1) is 0 Å². The number of hydrogen-bond acceptors (Lipinski definition) is 4. The van der Waals surface area contributed by atoms with Gasteiger partial charge >= 0.3 is 161 Å².